The number of nitrogens with one attached hydrogen (secondary N) is 1. The molecule has 1 N–H and O–H groups in total. The number of hydrogen-bond acceptors (Lipinski definition) is 3. The molecule has 2 rings (SSSR count). The molecule has 0 fully saturated rings. The zero-order chi connectivity index (χ0) is 15.3. The van der Waals surface area contributed by atoms with Crippen molar-refractivity contribution >= 4 is 27.8 Å². The molecule has 0 saturated heterocycles. The molecule has 0 bridgehead atoms. The average molecular weight is 323 g/mol. The van der Waals surface area contributed by atoms with Crippen LogP contribution in [0.25, 0.3) is 0 Å². The fraction of sp³-hybridized carbons (Fsp3) is 0.133. The largest absolute Gasteiger partial charge is 0.276 e. The van der Waals surface area contributed by atoms with E-state index in [0.717, 1.165) is 12.0 Å². The van der Waals surface area contributed by atoms with Crippen LogP contribution in [0.2, 0.25) is 5.02 Å². The van der Waals surface area contributed by atoms with Gasteiger partial charge in [0.1, 0.15) is 0 Å². The Hall–Kier alpha value is -1.85. The average Bonchev–Trinajstić information content (AvgIpc) is 2.48. The monoisotopic (exact) mass is 322 g/mol. The lowest BCUT2D eigenvalue weighted by molar-refractivity contribution is 0.584. The third-order valence-corrected chi connectivity index (χ3v) is 4.39. The number of nitrogens with zero attached hydrogens (tertiary/aromatic N) is 1. The molecule has 0 atom stereocenters. The lowest BCUT2D eigenvalue weighted by atomic mass is 10.1. The predicted molar refractivity (Wildman–Crippen MR) is 85.2 cm³/mol. The van der Waals surface area contributed by atoms with Gasteiger partial charge in [-0.3, -0.25) is 0 Å². The maximum atomic E-state index is 12.0. The van der Waals surface area contributed by atoms with Crippen LogP contribution >= 0.6 is 11.6 Å². The third-order valence-electron chi connectivity index (χ3n) is 2.90. The molecule has 0 aromatic heterocycles. The van der Waals surface area contributed by atoms with E-state index in [1.807, 2.05) is 24.3 Å². The Kier molecular flexibility index (Phi) is 4.98. The van der Waals surface area contributed by atoms with E-state index < -0.39 is 10.0 Å². The van der Waals surface area contributed by atoms with Crippen molar-refractivity contribution in [2.75, 3.05) is 0 Å². The molecule has 0 amide bonds. The Morgan fingerprint density at radius 3 is 2.29 bits per heavy atom. The minimum Gasteiger partial charge on any atom is -0.200 e. The van der Waals surface area contributed by atoms with Crippen LogP contribution in [0.15, 0.2) is 58.5 Å². The Balaban J connectivity index is 2.06. The highest BCUT2D eigenvalue weighted by Crippen LogP contribution is 2.13. The van der Waals surface area contributed by atoms with E-state index in [0.29, 0.717) is 5.02 Å². The van der Waals surface area contributed by atoms with E-state index in [1.165, 1.54) is 36.0 Å². The number of halogens is 1. The number of hydrazone groups is 1. The van der Waals surface area contributed by atoms with Gasteiger partial charge < -0.3 is 0 Å². The number of aryl methyl sites for hydroxylation is 1. The summed E-state index contributed by atoms with van der Waals surface area (Å²) < 4.78 is 23.9. The number of benzene rings is 2. The zero-order valence-corrected chi connectivity index (χ0v) is 13.0. The van der Waals surface area contributed by atoms with Gasteiger partial charge in [-0.1, -0.05) is 42.8 Å². The summed E-state index contributed by atoms with van der Waals surface area (Å²) in [6.45, 7) is 2.07. The summed E-state index contributed by atoms with van der Waals surface area (Å²) in [5.74, 6) is 0. The van der Waals surface area contributed by atoms with Crippen LogP contribution in [0, 0.1) is 0 Å². The summed E-state index contributed by atoms with van der Waals surface area (Å²) in [7, 11) is -3.67. The Labute approximate surface area is 129 Å². The van der Waals surface area contributed by atoms with Gasteiger partial charge in [0.2, 0.25) is 0 Å². The minimum absolute atomic E-state index is 0.116. The summed E-state index contributed by atoms with van der Waals surface area (Å²) in [5.41, 5.74) is 2.04. The minimum atomic E-state index is -3.67. The lowest BCUT2D eigenvalue weighted by Crippen LogP contribution is -2.18. The van der Waals surface area contributed by atoms with Crippen LogP contribution in [-0.4, -0.2) is 14.6 Å². The molecule has 0 heterocycles. The third kappa shape index (κ3) is 4.31. The smallest absolute Gasteiger partial charge is 0.200 e. The first kappa shape index (κ1) is 15.5. The van der Waals surface area contributed by atoms with Crippen molar-refractivity contribution in [2.24, 2.45) is 5.10 Å². The quantitative estimate of drug-likeness (QED) is 0.678. The lowest BCUT2D eigenvalue weighted by Gasteiger charge is -2.03. The summed E-state index contributed by atoms with van der Waals surface area (Å²) in [4.78, 5) is 2.29. The van der Waals surface area contributed by atoms with Crippen molar-refractivity contribution in [3.8, 4) is 0 Å². The summed E-state index contributed by atoms with van der Waals surface area (Å²) in [5, 5.41) is 4.25. The van der Waals surface area contributed by atoms with Gasteiger partial charge in [0.15, 0.2) is 0 Å². The molecular weight excluding hydrogens is 308 g/mol. The summed E-state index contributed by atoms with van der Waals surface area (Å²) in [6.07, 6.45) is 2.42. The van der Waals surface area contributed by atoms with Gasteiger partial charge in [-0.05, 0) is 41.8 Å². The van der Waals surface area contributed by atoms with Gasteiger partial charge >= 0.3 is 0 Å². The molecule has 2 aromatic rings. The van der Waals surface area contributed by atoms with Gasteiger partial charge in [0.25, 0.3) is 10.0 Å². The van der Waals surface area contributed by atoms with Crippen molar-refractivity contribution in [3.05, 3.63) is 64.7 Å². The molecule has 0 saturated carbocycles. The summed E-state index contributed by atoms with van der Waals surface area (Å²) in [6, 6.07) is 13.6. The second-order valence-electron chi connectivity index (χ2n) is 4.40. The van der Waals surface area contributed by atoms with Crippen LogP contribution in [0.1, 0.15) is 18.1 Å². The molecule has 0 radical (unpaired) electrons. The maximum absolute atomic E-state index is 12.0. The predicted octanol–water partition coefficient (Wildman–Crippen LogP) is 3.21. The van der Waals surface area contributed by atoms with Crippen molar-refractivity contribution in [2.45, 2.75) is 18.2 Å². The Morgan fingerprint density at radius 2 is 1.71 bits per heavy atom. The van der Waals surface area contributed by atoms with Crippen LogP contribution < -0.4 is 4.83 Å². The number of hydrogen-bond donors (Lipinski definition) is 1. The molecule has 110 valence electrons. The summed E-state index contributed by atoms with van der Waals surface area (Å²) >= 11 is 5.73. The molecule has 0 aliphatic rings. The fourth-order valence-electron chi connectivity index (χ4n) is 1.68. The van der Waals surface area contributed by atoms with Crippen molar-refractivity contribution < 1.29 is 8.42 Å². The van der Waals surface area contributed by atoms with E-state index in [9.17, 15) is 8.42 Å². The van der Waals surface area contributed by atoms with Gasteiger partial charge in [-0.2, -0.15) is 13.5 Å². The van der Waals surface area contributed by atoms with Crippen LogP contribution in [0.3, 0.4) is 0 Å². The fourth-order valence-corrected chi connectivity index (χ4v) is 2.59. The Bertz CT molecular complexity index is 723. The second kappa shape index (κ2) is 6.74. The molecular formula is C15H15ClN2O2S. The normalized spacial score (nSPS) is 11.7. The molecule has 6 heteroatoms. The number of sulfonamides is 1. The SMILES string of the molecule is CCc1ccc(/C=N/NS(=O)(=O)c2ccc(Cl)cc2)cc1. The topological polar surface area (TPSA) is 58.5 Å². The van der Waals surface area contributed by atoms with Crippen LogP contribution in [0.5, 0.6) is 0 Å². The first-order chi connectivity index (χ1) is 10.0. The highest BCUT2D eigenvalue weighted by Gasteiger charge is 2.11. The zero-order valence-electron chi connectivity index (χ0n) is 11.5. The first-order valence-electron chi connectivity index (χ1n) is 6.40. The standard InChI is InChI=1S/C15H15ClN2O2S/c1-2-12-3-5-13(6-4-12)11-17-18-21(19,20)15-9-7-14(16)8-10-15/h3-11,18H,2H2,1H3/b17-11+. The first-order valence-corrected chi connectivity index (χ1v) is 8.27. The molecule has 0 spiro atoms. The molecule has 21 heavy (non-hydrogen) atoms. The Morgan fingerprint density at radius 1 is 1.10 bits per heavy atom. The van der Waals surface area contributed by atoms with Gasteiger partial charge in [-0.15, -0.1) is 0 Å². The molecule has 4 nitrogen and oxygen atoms in total. The van der Waals surface area contributed by atoms with Crippen molar-refractivity contribution in [1.82, 2.24) is 4.83 Å². The van der Waals surface area contributed by atoms with Crippen molar-refractivity contribution in [1.29, 1.82) is 0 Å². The van der Waals surface area contributed by atoms with E-state index in [2.05, 4.69) is 16.9 Å². The molecule has 0 aliphatic carbocycles. The molecule has 0 unspecified atom stereocenters. The van der Waals surface area contributed by atoms with Gasteiger partial charge in [-0.25, -0.2) is 4.83 Å². The molecule has 0 aliphatic heterocycles. The van der Waals surface area contributed by atoms with Gasteiger partial charge in [0.05, 0.1) is 11.1 Å². The van der Waals surface area contributed by atoms with E-state index in [1.54, 1.807) is 0 Å². The van der Waals surface area contributed by atoms with Crippen LogP contribution in [0.4, 0.5) is 0 Å². The van der Waals surface area contributed by atoms with Gasteiger partial charge in [0, 0.05) is 5.02 Å². The highest BCUT2D eigenvalue weighted by molar-refractivity contribution is 7.89. The van der Waals surface area contributed by atoms with Crippen molar-refractivity contribution in [3.63, 3.8) is 0 Å². The van der Waals surface area contributed by atoms with Crippen LogP contribution in [-0.2, 0) is 16.4 Å². The van der Waals surface area contributed by atoms with E-state index >= 15 is 0 Å². The van der Waals surface area contributed by atoms with E-state index in [-0.39, 0.29) is 4.90 Å². The molecule has 2 aromatic carbocycles. The number of rotatable bonds is 5. The highest BCUT2D eigenvalue weighted by atomic mass is 35.5. The van der Waals surface area contributed by atoms with E-state index in [4.69, 9.17) is 11.6 Å². The second-order valence-corrected chi connectivity index (χ2v) is 6.50. The maximum Gasteiger partial charge on any atom is 0.276 e.